The number of pyridine rings is 1. The fourth-order valence-corrected chi connectivity index (χ4v) is 1.88. The lowest BCUT2D eigenvalue weighted by atomic mass is 9.88. The molecule has 2 aromatic rings. The number of nitrogens with zero attached hydrogens (tertiary/aromatic N) is 1. The van der Waals surface area contributed by atoms with Crippen molar-refractivity contribution in [1.82, 2.24) is 10.3 Å². The quantitative estimate of drug-likeness (QED) is 0.886. The molecule has 1 unspecified atom stereocenters. The number of benzene rings is 1. The molecule has 0 bridgehead atoms. The van der Waals surface area contributed by atoms with E-state index in [1.54, 1.807) is 0 Å². The minimum absolute atomic E-state index is 0.281. The average Bonchev–Trinajstić information content (AvgIpc) is 2.34. The summed E-state index contributed by atoms with van der Waals surface area (Å²) in [5.74, 6) is 0. The standard InChI is InChI=1S/C16H22N2/c1-12(16(2,3)4)18-11-13-9-10-17-15-8-6-5-7-14(13)15/h5-10,12,18H,11H2,1-4H3. The van der Waals surface area contributed by atoms with Crippen LogP contribution in [0.25, 0.3) is 10.9 Å². The predicted molar refractivity (Wildman–Crippen MR) is 77.5 cm³/mol. The van der Waals surface area contributed by atoms with Gasteiger partial charge in [0.1, 0.15) is 0 Å². The van der Waals surface area contributed by atoms with Crippen molar-refractivity contribution in [2.45, 2.75) is 40.3 Å². The molecule has 0 saturated heterocycles. The summed E-state index contributed by atoms with van der Waals surface area (Å²) >= 11 is 0. The highest BCUT2D eigenvalue weighted by atomic mass is 14.9. The molecule has 0 aliphatic rings. The number of rotatable bonds is 3. The van der Waals surface area contributed by atoms with Gasteiger partial charge in [0, 0.05) is 24.2 Å². The Morgan fingerprint density at radius 3 is 2.61 bits per heavy atom. The van der Waals surface area contributed by atoms with Crippen molar-refractivity contribution in [2.24, 2.45) is 5.41 Å². The first kappa shape index (κ1) is 13.0. The van der Waals surface area contributed by atoms with Crippen molar-refractivity contribution in [1.29, 1.82) is 0 Å². The Hall–Kier alpha value is -1.41. The van der Waals surface area contributed by atoms with Crippen LogP contribution in [0.4, 0.5) is 0 Å². The van der Waals surface area contributed by atoms with Crippen LogP contribution in [-0.4, -0.2) is 11.0 Å². The summed E-state index contributed by atoms with van der Waals surface area (Å²) in [6.07, 6.45) is 1.89. The summed E-state index contributed by atoms with van der Waals surface area (Å²) in [6.45, 7) is 9.91. The monoisotopic (exact) mass is 242 g/mol. The van der Waals surface area contributed by atoms with Gasteiger partial charge in [0.2, 0.25) is 0 Å². The van der Waals surface area contributed by atoms with E-state index in [1.165, 1.54) is 10.9 Å². The Balaban J connectivity index is 2.18. The van der Waals surface area contributed by atoms with Crippen LogP contribution in [-0.2, 0) is 6.54 Å². The second kappa shape index (κ2) is 5.07. The highest BCUT2D eigenvalue weighted by Crippen LogP contribution is 2.20. The average molecular weight is 242 g/mol. The lowest BCUT2D eigenvalue weighted by Crippen LogP contribution is -2.37. The molecule has 0 aliphatic carbocycles. The van der Waals surface area contributed by atoms with E-state index in [1.807, 2.05) is 12.3 Å². The van der Waals surface area contributed by atoms with Gasteiger partial charge in [-0.15, -0.1) is 0 Å². The fraction of sp³-hybridized carbons (Fsp3) is 0.438. The Labute approximate surface area is 109 Å². The Kier molecular flexibility index (Phi) is 3.67. The van der Waals surface area contributed by atoms with E-state index >= 15 is 0 Å². The van der Waals surface area contributed by atoms with Crippen LogP contribution in [0, 0.1) is 5.41 Å². The molecular formula is C16H22N2. The molecule has 1 N–H and O–H groups in total. The second-order valence-corrected chi connectivity index (χ2v) is 5.96. The summed E-state index contributed by atoms with van der Waals surface area (Å²) < 4.78 is 0. The third-order valence-electron chi connectivity index (χ3n) is 3.64. The third kappa shape index (κ3) is 2.88. The number of para-hydroxylation sites is 1. The van der Waals surface area contributed by atoms with E-state index in [9.17, 15) is 0 Å². The molecule has 1 atom stereocenters. The van der Waals surface area contributed by atoms with E-state index in [4.69, 9.17) is 0 Å². The number of aromatic nitrogens is 1. The van der Waals surface area contributed by atoms with Gasteiger partial charge in [0.15, 0.2) is 0 Å². The van der Waals surface area contributed by atoms with Gasteiger partial charge in [-0.2, -0.15) is 0 Å². The second-order valence-electron chi connectivity index (χ2n) is 5.96. The zero-order chi connectivity index (χ0) is 13.2. The molecule has 2 heteroatoms. The van der Waals surface area contributed by atoms with Gasteiger partial charge in [-0.05, 0) is 30.0 Å². The lowest BCUT2D eigenvalue weighted by molar-refractivity contribution is 0.285. The van der Waals surface area contributed by atoms with Crippen LogP contribution < -0.4 is 5.32 Å². The van der Waals surface area contributed by atoms with Gasteiger partial charge >= 0.3 is 0 Å². The molecule has 0 amide bonds. The lowest BCUT2D eigenvalue weighted by Gasteiger charge is -2.28. The zero-order valence-electron chi connectivity index (χ0n) is 11.7. The molecule has 0 saturated carbocycles. The van der Waals surface area contributed by atoms with Crippen LogP contribution in [0.15, 0.2) is 36.5 Å². The van der Waals surface area contributed by atoms with E-state index < -0.39 is 0 Å². The number of hydrogen-bond donors (Lipinski definition) is 1. The van der Waals surface area contributed by atoms with Crippen LogP contribution in [0.5, 0.6) is 0 Å². The summed E-state index contributed by atoms with van der Waals surface area (Å²) in [7, 11) is 0. The molecule has 2 rings (SSSR count). The van der Waals surface area contributed by atoms with Crippen molar-refractivity contribution in [3.05, 3.63) is 42.1 Å². The Bertz CT molecular complexity index is 521. The number of fused-ring (bicyclic) bond motifs is 1. The molecule has 1 aromatic carbocycles. The van der Waals surface area contributed by atoms with E-state index in [0.717, 1.165) is 12.1 Å². The molecule has 18 heavy (non-hydrogen) atoms. The summed E-state index contributed by atoms with van der Waals surface area (Å²) in [6, 6.07) is 10.9. The van der Waals surface area contributed by atoms with Gasteiger partial charge in [-0.3, -0.25) is 4.98 Å². The maximum atomic E-state index is 4.39. The first-order valence-electron chi connectivity index (χ1n) is 6.54. The van der Waals surface area contributed by atoms with Crippen molar-refractivity contribution in [2.75, 3.05) is 0 Å². The molecule has 0 aliphatic heterocycles. The van der Waals surface area contributed by atoms with Gasteiger partial charge < -0.3 is 5.32 Å². The van der Waals surface area contributed by atoms with Crippen LogP contribution in [0.1, 0.15) is 33.3 Å². The van der Waals surface area contributed by atoms with Crippen LogP contribution in [0.3, 0.4) is 0 Å². The predicted octanol–water partition coefficient (Wildman–Crippen LogP) is 3.76. The van der Waals surface area contributed by atoms with Crippen molar-refractivity contribution in [3.8, 4) is 0 Å². The summed E-state index contributed by atoms with van der Waals surface area (Å²) in [5, 5.41) is 4.85. The SMILES string of the molecule is CC(NCc1ccnc2ccccc12)C(C)(C)C. The largest absolute Gasteiger partial charge is 0.310 e. The number of nitrogens with one attached hydrogen (secondary N) is 1. The van der Waals surface area contributed by atoms with Crippen molar-refractivity contribution < 1.29 is 0 Å². The van der Waals surface area contributed by atoms with E-state index in [2.05, 4.69) is 62.3 Å². The highest BCUT2D eigenvalue weighted by molar-refractivity contribution is 5.81. The van der Waals surface area contributed by atoms with Crippen molar-refractivity contribution in [3.63, 3.8) is 0 Å². The van der Waals surface area contributed by atoms with Crippen LogP contribution >= 0.6 is 0 Å². The normalized spacial score (nSPS) is 13.8. The molecule has 0 spiro atoms. The minimum Gasteiger partial charge on any atom is -0.310 e. The van der Waals surface area contributed by atoms with Gasteiger partial charge in [-0.25, -0.2) is 0 Å². The summed E-state index contributed by atoms with van der Waals surface area (Å²) in [5.41, 5.74) is 2.67. The van der Waals surface area contributed by atoms with Gasteiger partial charge in [0.05, 0.1) is 5.52 Å². The first-order chi connectivity index (χ1) is 8.48. The zero-order valence-corrected chi connectivity index (χ0v) is 11.7. The highest BCUT2D eigenvalue weighted by Gasteiger charge is 2.19. The fourth-order valence-electron chi connectivity index (χ4n) is 1.88. The van der Waals surface area contributed by atoms with Gasteiger partial charge in [-0.1, -0.05) is 39.0 Å². The van der Waals surface area contributed by atoms with E-state index in [-0.39, 0.29) is 5.41 Å². The molecule has 0 fully saturated rings. The molecular weight excluding hydrogens is 220 g/mol. The Morgan fingerprint density at radius 2 is 1.89 bits per heavy atom. The van der Waals surface area contributed by atoms with Gasteiger partial charge in [0.25, 0.3) is 0 Å². The maximum absolute atomic E-state index is 4.39. The Morgan fingerprint density at radius 1 is 1.17 bits per heavy atom. The van der Waals surface area contributed by atoms with Crippen LogP contribution in [0.2, 0.25) is 0 Å². The topological polar surface area (TPSA) is 24.9 Å². The third-order valence-corrected chi connectivity index (χ3v) is 3.64. The number of hydrogen-bond acceptors (Lipinski definition) is 2. The minimum atomic E-state index is 0.281. The summed E-state index contributed by atoms with van der Waals surface area (Å²) in [4.78, 5) is 4.39. The van der Waals surface area contributed by atoms with Crippen molar-refractivity contribution >= 4 is 10.9 Å². The molecule has 96 valence electrons. The molecule has 1 aromatic heterocycles. The molecule has 2 nitrogen and oxygen atoms in total. The smallest absolute Gasteiger partial charge is 0.0705 e. The molecule has 0 radical (unpaired) electrons. The van der Waals surface area contributed by atoms with E-state index in [0.29, 0.717) is 6.04 Å². The first-order valence-corrected chi connectivity index (χ1v) is 6.54. The maximum Gasteiger partial charge on any atom is 0.0705 e. The molecule has 1 heterocycles.